The lowest BCUT2D eigenvalue weighted by molar-refractivity contribution is -0.123. The minimum atomic E-state index is -0.508. The Morgan fingerprint density at radius 3 is 2.34 bits per heavy atom. The molecule has 29 heavy (non-hydrogen) atoms. The van der Waals surface area contributed by atoms with Crippen LogP contribution >= 0.6 is 0 Å². The average molecular weight is 395 g/mol. The fourth-order valence-electron chi connectivity index (χ4n) is 2.37. The fourth-order valence-corrected chi connectivity index (χ4v) is 2.37. The van der Waals surface area contributed by atoms with Gasteiger partial charge in [-0.15, -0.1) is 6.42 Å². The van der Waals surface area contributed by atoms with Gasteiger partial charge in [0.1, 0.15) is 0 Å². The Bertz CT molecular complexity index is 950. The number of nitrogens with one attached hydrogen (secondary N) is 3. The normalized spacial score (nSPS) is 9.69. The zero-order valence-corrected chi connectivity index (χ0v) is 16.1. The van der Waals surface area contributed by atoms with Crippen LogP contribution in [0.1, 0.15) is 15.9 Å². The van der Waals surface area contributed by atoms with Crippen LogP contribution < -0.4 is 25.4 Å². The van der Waals surface area contributed by atoms with Crippen molar-refractivity contribution in [3.63, 3.8) is 0 Å². The van der Waals surface area contributed by atoms with Crippen LogP contribution in [0.15, 0.2) is 42.5 Å². The molecule has 0 spiro atoms. The Labute approximate surface area is 168 Å². The van der Waals surface area contributed by atoms with Crippen molar-refractivity contribution in [2.24, 2.45) is 0 Å². The maximum Gasteiger partial charge on any atom is 0.251 e. The highest BCUT2D eigenvalue weighted by atomic mass is 16.5. The van der Waals surface area contributed by atoms with E-state index in [9.17, 15) is 14.4 Å². The van der Waals surface area contributed by atoms with E-state index in [2.05, 4.69) is 21.9 Å². The number of hydrogen-bond donors (Lipinski definition) is 3. The minimum Gasteiger partial charge on any atom is -0.493 e. The monoisotopic (exact) mass is 395 g/mol. The lowest BCUT2D eigenvalue weighted by Crippen LogP contribution is -2.40. The van der Waals surface area contributed by atoms with E-state index in [0.717, 1.165) is 0 Å². The van der Waals surface area contributed by atoms with Crippen LogP contribution in [0.2, 0.25) is 0 Å². The number of carbonyl (C=O) groups is 3. The third-order valence-corrected chi connectivity index (χ3v) is 3.81. The van der Waals surface area contributed by atoms with Gasteiger partial charge in [-0.3, -0.25) is 14.4 Å². The molecule has 0 fully saturated rings. The number of carbonyl (C=O) groups excluding carboxylic acids is 3. The van der Waals surface area contributed by atoms with Gasteiger partial charge in [-0.1, -0.05) is 12.0 Å². The summed E-state index contributed by atoms with van der Waals surface area (Å²) in [6.07, 6.45) is 5.31. The highest BCUT2D eigenvalue weighted by molar-refractivity contribution is 5.98. The first-order valence-corrected chi connectivity index (χ1v) is 8.60. The molecule has 150 valence electrons. The Kier molecular flexibility index (Phi) is 7.62. The minimum absolute atomic E-state index is 0.245. The molecule has 3 amide bonds. The molecule has 2 aromatic carbocycles. The molecule has 0 atom stereocenters. The Hall–Kier alpha value is -3.99. The van der Waals surface area contributed by atoms with Crippen molar-refractivity contribution in [2.45, 2.75) is 0 Å². The molecule has 0 radical (unpaired) electrons. The number of hydrogen-bond acceptors (Lipinski definition) is 5. The zero-order chi connectivity index (χ0) is 21.2. The van der Waals surface area contributed by atoms with E-state index >= 15 is 0 Å². The van der Waals surface area contributed by atoms with Gasteiger partial charge < -0.3 is 25.4 Å². The number of terminal acetylenes is 1. The number of ether oxygens (including phenoxy) is 2. The summed E-state index contributed by atoms with van der Waals surface area (Å²) in [5.74, 6) is 1.97. The molecule has 0 aliphatic heterocycles. The van der Waals surface area contributed by atoms with E-state index in [1.54, 1.807) is 36.4 Å². The first-order chi connectivity index (χ1) is 14.0. The molecule has 0 aromatic heterocycles. The highest BCUT2D eigenvalue weighted by Crippen LogP contribution is 2.27. The third-order valence-electron chi connectivity index (χ3n) is 3.81. The molecule has 0 saturated carbocycles. The van der Waals surface area contributed by atoms with Crippen LogP contribution in [0, 0.1) is 12.3 Å². The van der Waals surface area contributed by atoms with Crippen LogP contribution in [0.5, 0.6) is 11.5 Å². The van der Waals surface area contributed by atoms with E-state index in [4.69, 9.17) is 15.9 Å². The van der Waals surface area contributed by atoms with E-state index < -0.39 is 17.7 Å². The highest BCUT2D eigenvalue weighted by Gasteiger charge is 2.12. The molecule has 2 aromatic rings. The lowest BCUT2D eigenvalue weighted by Gasteiger charge is -2.10. The first-order valence-electron chi connectivity index (χ1n) is 8.60. The third kappa shape index (κ3) is 6.29. The summed E-state index contributed by atoms with van der Waals surface area (Å²) in [5.41, 5.74) is 1.47. The summed E-state index contributed by atoms with van der Waals surface area (Å²) in [6.45, 7) is -0.529. The first kappa shape index (κ1) is 21.3. The average Bonchev–Trinajstić information content (AvgIpc) is 2.75. The summed E-state index contributed by atoms with van der Waals surface area (Å²) in [7, 11) is 2.95. The smallest absolute Gasteiger partial charge is 0.251 e. The molecule has 3 N–H and O–H groups in total. The standard InChI is InChI=1S/C21H21N3O5/c1-4-14-6-5-7-16(10-14)24-20(26)13-22-19(25)12-23-21(27)15-8-9-17(28-2)18(11-15)29-3/h1,5-11H,12-13H2,2-3H3,(H,22,25)(H,23,27)(H,24,26). The summed E-state index contributed by atoms with van der Waals surface area (Å²) in [5, 5.41) is 7.53. The van der Waals surface area contributed by atoms with Crippen molar-refractivity contribution in [2.75, 3.05) is 32.6 Å². The van der Waals surface area contributed by atoms with E-state index in [1.165, 1.54) is 20.3 Å². The molecule has 0 heterocycles. The second-order valence-corrected chi connectivity index (χ2v) is 5.80. The van der Waals surface area contributed by atoms with Crippen LogP contribution in [-0.4, -0.2) is 45.0 Å². The largest absolute Gasteiger partial charge is 0.493 e. The zero-order valence-electron chi connectivity index (χ0n) is 16.1. The van der Waals surface area contributed by atoms with Crippen molar-refractivity contribution >= 4 is 23.4 Å². The predicted molar refractivity (Wildman–Crippen MR) is 108 cm³/mol. The van der Waals surface area contributed by atoms with Crippen molar-refractivity contribution in [1.82, 2.24) is 10.6 Å². The van der Waals surface area contributed by atoms with Gasteiger partial charge in [0.2, 0.25) is 11.8 Å². The molecule has 8 heteroatoms. The van der Waals surface area contributed by atoms with Crippen molar-refractivity contribution in [3.8, 4) is 23.8 Å². The lowest BCUT2D eigenvalue weighted by atomic mass is 10.2. The van der Waals surface area contributed by atoms with Gasteiger partial charge >= 0.3 is 0 Å². The maximum absolute atomic E-state index is 12.2. The molecule has 0 aliphatic rings. The van der Waals surface area contributed by atoms with Gasteiger partial charge in [-0.25, -0.2) is 0 Å². The maximum atomic E-state index is 12.2. The molecule has 0 saturated heterocycles. The summed E-state index contributed by atoms with van der Waals surface area (Å²) in [4.78, 5) is 36.0. The second kappa shape index (κ2) is 10.4. The second-order valence-electron chi connectivity index (χ2n) is 5.80. The van der Waals surface area contributed by atoms with Crippen LogP contribution in [0.25, 0.3) is 0 Å². The van der Waals surface area contributed by atoms with E-state index in [0.29, 0.717) is 28.3 Å². The van der Waals surface area contributed by atoms with E-state index in [1.807, 2.05) is 0 Å². The van der Waals surface area contributed by atoms with Gasteiger partial charge in [-0.2, -0.15) is 0 Å². The van der Waals surface area contributed by atoms with Gasteiger partial charge in [0.25, 0.3) is 5.91 Å². The van der Waals surface area contributed by atoms with Crippen LogP contribution in [-0.2, 0) is 9.59 Å². The van der Waals surface area contributed by atoms with Crippen molar-refractivity contribution < 1.29 is 23.9 Å². The van der Waals surface area contributed by atoms with Crippen molar-refractivity contribution in [1.29, 1.82) is 0 Å². The molecule has 0 aliphatic carbocycles. The fraction of sp³-hybridized carbons (Fsp3) is 0.190. The van der Waals surface area contributed by atoms with Gasteiger partial charge in [0.05, 0.1) is 27.3 Å². The Balaban J connectivity index is 1.80. The van der Waals surface area contributed by atoms with Crippen LogP contribution in [0.3, 0.4) is 0 Å². The van der Waals surface area contributed by atoms with Gasteiger partial charge in [-0.05, 0) is 36.4 Å². The van der Waals surface area contributed by atoms with Gasteiger partial charge in [0.15, 0.2) is 11.5 Å². The summed E-state index contributed by atoms with van der Waals surface area (Å²) >= 11 is 0. The number of rotatable bonds is 8. The summed E-state index contributed by atoms with van der Waals surface area (Å²) in [6, 6.07) is 11.4. The molecule has 0 bridgehead atoms. The summed E-state index contributed by atoms with van der Waals surface area (Å²) < 4.78 is 10.3. The Morgan fingerprint density at radius 1 is 0.931 bits per heavy atom. The predicted octanol–water partition coefficient (Wildman–Crippen LogP) is 1.17. The number of amides is 3. The molecular formula is C21H21N3O5. The number of benzene rings is 2. The molecule has 2 rings (SSSR count). The number of methoxy groups -OCH3 is 2. The number of anilines is 1. The van der Waals surface area contributed by atoms with Crippen LogP contribution in [0.4, 0.5) is 5.69 Å². The Morgan fingerprint density at radius 2 is 1.66 bits per heavy atom. The van der Waals surface area contributed by atoms with Crippen molar-refractivity contribution in [3.05, 3.63) is 53.6 Å². The molecule has 8 nitrogen and oxygen atoms in total. The topological polar surface area (TPSA) is 106 Å². The van der Waals surface area contributed by atoms with E-state index in [-0.39, 0.29) is 13.1 Å². The van der Waals surface area contributed by atoms with Gasteiger partial charge in [0, 0.05) is 16.8 Å². The molecule has 0 unspecified atom stereocenters. The molecular weight excluding hydrogens is 374 g/mol. The quantitative estimate of drug-likeness (QED) is 0.582. The SMILES string of the molecule is C#Cc1cccc(NC(=O)CNC(=O)CNC(=O)c2ccc(OC)c(OC)c2)c1.